The number of carbonyl (C=O) groups excluding carboxylic acids is 2. The van der Waals surface area contributed by atoms with Crippen molar-refractivity contribution in [1.29, 1.82) is 0 Å². The van der Waals surface area contributed by atoms with Gasteiger partial charge < -0.3 is 15.4 Å². The Labute approximate surface area is 198 Å². The summed E-state index contributed by atoms with van der Waals surface area (Å²) in [6.07, 6.45) is 4.81. The van der Waals surface area contributed by atoms with Crippen molar-refractivity contribution in [1.82, 2.24) is 20.3 Å². The van der Waals surface area contributed by atoms with Gasteiger partial charge in [-0.3, -0.25) is 14.3 Å². The van der Waals surface area contributed by atoms with Crippen LogP contribution in [-0.2, 0) is 19.6 Å². The standard InChI is InChI=1S/C24H28N4O5S/c1-3-16-12-24(16,23(30)28-34(31,32)18-5-6-18)27-21(29)20-11-17(13-26-20)33-22-19-7-4-14(2)10-15(19)8-9-25-22/h3-4,7-10,16-18,20,26H,1,5-6,11-13H2,2H3,(H,27,29)(H,28,30). The number of aryl methyl sites for hydroxylation is 1. The highest BCUT2D eigenvalue weighted by Crippen LogP contribution is 2.45. The van der Waals surface area contributed by atoms with E-state index in [4.69, 9.17) is 4.74 Å². The van der Waals surface area contributed by atoms with E-state index < -0.39 is 32.8 Å². The summed E-state index contributed by atoms with van der Waals surface area (Å²) >= 11 is 0. The Hall–Kier alpha value is -2.98. The molecular weight excluding hydrogens is 456 g/mol. The minimum absolute atomic E-state index is 0.274. The van der Waals surface area contributed by atoms with Gasteiger partial charge in [0.25, 0.3) is 5.91 Å². The number of hydrogen-bond donors (Lipinski definition) is 3. The molecule has 1 aromatic carbocycles. The Balaban J connectivity index is 1.23. The second-order valence-electron chi connectivity index (χ2n) is 9.46. The SMILES string of the molecule is C=CC1CC1(NC(=O)C1CC(Oc2nccc3cc(C)ccc23)CN1)C(=O)NS(=O)(=O)C1CC1. The van der Waals surface area contributed by atoms with Gasteiger partial charge in [0.05, 0.1) is 11.3 Å². The zero-order chi connectivity index (χ0) is 24.1. The van der Waals surface area contributed by atoms with Gasteiger partial charge in [0, 0.05) is 30.5 Å². The normalized spacial score (nSPS) is 28.3. The smallest absolute Gasteiger partial charge is 0.259 e. The fourth-order valence-electron chi connectivity index (χ4n) is 4.54. The molecule has 2 heterocycles. The lowest BCUT2D eigenvalue weighted by Crippen LogP contribution is -2.55. The Morgan fingerprint density at radius 2 is 2.09 bits per heavy atom. The average molecular weight is 485 g/mol. The molecule has 4 atom stereocenters. The monoisotopic (exact) mass is 484 g/mol. The number of pyridine rings is 1. The van der Waals surface area contributed by atoms with Gasteiger partial charge in [-0.2, -0.15) is 0 Å². The number of nitrogens with one attached hydrogen (secondary N) is 3. The van der Waals surface area contributed by atoms with Crippen LogP contribution in [-0.4, -0.2) is 54.7 Å². The van der Waals surface area contributed by atoms with Gasteiger partial charge in [0.1, 0.15) is 11.6 Å². The summed E-state index contributed by atoms with van der Waals surface area (Å²) < 4.78 is 32.8. The van der Waals surface area contributed by atoms with Crippen molar-refractivity contribution in [2.45, 2.75) is 55.5 Å². The molecule has 180 valence electrons. The lowest BCUT2D eigenvalue weighted by Gasteiger charge is -2.21. The number of ether oxygens (including phenoxy) is 1. The summed E-state index contributed by atoms with van der Waals surface area (Å²) in [4.78, 5) is 30.2. The summed E-state index contributed by atoms with van der Waals surface area (Å²) in [6, 6.07) is 7.39. The number of fused-ring (bicyclic) bond motifs is 1. The molecule has 3 aliphatic rings. The second kappa shape index (κ2) is 8.35. The number of amides is 2. The molecule has 9 nitrogen and oxygen atoms in total. The van der Waals surface area contributed by atoms with Crippen molar-refractivity contribution < 1.29 is 22.7 Å². The van der Waals surface area contributed by atoms with Crippen LogP contribution in [0.3, 0.4) is 0 Å². The van der Waals surface area contributed by atoms with Crippen LogP contribution in [0.1, 0.15) is 31.2 Å². The van der Waals surface area contributed by atoms with Gasteiger partial charge in [-0.15, -0.1) is 6.58 Å². The first-order valence-electron chi connectivity index (χ1n) is 11.5. The second-order valence-corrected chi connectivity index (χ2v) is 11.4. The molecule has 1 saturated heterocycles. The Kier molecular flexibility index (Phi) is 5.60. The number of aromatic nitrogens is 1. The quantitative estimate of drug-likeness (QED) is 0.483. The van der Waals surface area contributed by atoms with Crippen molar-refractivity contribution in [3.63, 3.8) is 0 Å². The number of nitrogens with zero attached hydrogens (tertiary/aromatic N) is 1. The summed E-state index contributed by atoms with van der Waals surface area (Å²) in [6.45, 7) is 6.18. The predicted molar refractivity (Wildman–Crippen MR) is 127 cm³/mol. The van der Waals surface area contributed by atoms with Gasteiger partial charge in [-0.25, -0.2) is 13.4 Å². The predicted octanol–water partition coefficient (Wildman–Crippen LogP) is 1.32. The molecule has 2 saturated carbocycles. The first kappa shape index (κ1) is 22.8. The lowest BCUT2D eigenvalue weighted by atomic mass is 10.1. The highest BCUT2D eigenvalue weighted by Gasteiger charge is 2.61. The molecule has 34 heavy (non-hydrogen) atoms. The molecule has 0 radical (unpaired) electrons. The molecule has 0 spiro atoms. The van der Waals surface area contributed by atoms with Gasteiger partial charge in [-0.05, 0) is 43.7 Å². The van der Waals surface area contributed by atoms with Crippen molar-refractivity contribution in [2.24, 2.45) is 5.92 Å². The van der Waals surface area contributed by atoms with E-state index in [1.807, 2.05) is 25.1 Å². The van der Waals surface area contributed by atoms with E-state index in [9.17, 15) is 18.0 Å². The van der Waals surface area contributed by atoms with Gasteiger partial charge in [0.15, 0.2) is 0 Å². The summed E-state index contributed by atoms with van der Waals surface area (Å²) in [5, 5.41) is 7.35. The van der Waals surface area contributed by atoms with E-state index in [0.717, 1.165) is 16.3 Å². The van der Waals surface area contributed by atoms with Gasteiger partial charge in [-0.1, -0.05) is 23.8 Å². The van der Waals surface area contributed by atoms with Gasteiger partial charge in [0.2, 0.25) is 21.8 Å². The molecule has 2 aliphatic carbocycles. The first-order chi connectivity index (χ1) is 16.2. The molecule has 3 fully saturated rings. The Morgan fingerprint density at radius 1 is 1.29 bits per heavy atom. The number of rotatable bonds is 8. The zero-order valence-electron chi connectivity index (χ0n) is 18.9. The van der Waals surface area contributed by atoms with Crippen molar-refractivity contribution in [3.8, 4) is 5.88 Å². The van der Waals surface area contributed by atoms with Crippen LogP contribution in [0.2, 0.25) is 0 Å². The lowest BCUT2D eigenvalue weighted by molar-refractivity contribution is -0.130. The van der Waals surface area contributed by atoms with Crippen LogP contribution in [0.4, 0.5) is 0 Å². The molecule has 5 rings (SSSR count). The number of benzene rings is 1. The van der Waals surface area contributed by atoms with Crippen molar-refractivity contribution in [3.05, 3.63) is 48.7 Å². The minimum atomic E-state index is -3.71. The fourth-order valence-corrected chi connectivity index (χ4v) is 5.90. The number of sulfonamides is 1. The molecule has 1 aromatic heterocycles. The topological polar surface area (TPSA) is 126 Å². The molecule has 2 amide bonds. The van der Waals surface area contributed by atoms with E-state index >= 15 is 0 Å². The maximum atomic E-state index is 13.0. The third-order valence-electron chi connectivity index (χ3n) is 6.82. The minimum Gasteiger partial charge on any atom is -0.472 e. The van der Waals surface area contributed by atoms with E-state index in [1.54, 1.807) is 12.3 Å². The Bertz CT molecular complexity index is 1280. The van der Waals surface area contributed by atoms with Crippen LogP contribution in [0.5, 0.6) is 5.88 Å². The largest absolute Gasteiger partial charge is 0.472 e. The molecule has 1 aliphatic heterocycles. The number of hydrogen-bond acceptors (Lipinski definition) is 7. The fraction of sp³-hybridized carbons (Fsp3) is 0.458. The summed E-state index contributed by atoms with van der Waals surface area (Å²) in [5.41, 5.74) is -0.138. The van der Waals surface area contributed by atoms with E-state index in [2.05, 4.69) is 33.0 Å². The van der Waals surface area contributed by atoms with Crippen molar-refractivity contribution in [2.75, 3.05) is 6.54 Å². The van der Waals surface area contributed by atoms with Gasteiger partial charge >= 0.3 is 0 Å². The van der Waals surface area contributed by atoms with Crippen LogP contribution in [0.15, 0.2) is 43.1 Å². The van der Waals surface area contributed by atoms with Crippen LogP contribution in [0, 0.1) is 12.8 Å². The number of carbonyl (C=O) groups is 2. The maximum Gasteiger partial charge on any atom is 0.259 e. The third-order valence-corrected chi connectivity index (χ3v) is 8.64. The van der Waals surface area contributed by atoms with E-state index in [1.165, 1.54) is 0 Å². The maximum absolute atomic E-state index is 13.0. The van der Waals surface area contributed by atoms with Crippen molar-refractivity contribution >= 4 is 32.6 Å². The first-order valence-corrected chi connectivity index (χ1v) is 13.0. The third kappa shape index (κ3) is 4.27. The average Bonchev–Trinajstić information content (AvgIpc) is 3.71. The molecule has 2 aromatic rings. The summed E-state index contributed by atoms with van der Waals surface area (Å²) in [5.74, 6) is -0.863. The molecular formula is C24H28N4O5S. The molecule has 3 N–H and O–H groups in total. The molecule has 4 unspecified atom stereocenters. The zero-order valence-corrected chi connectivity index (χ0v) is 19.7. The highest BCUT2D eigenvalue weighted by atomic mass is 32.2. The van der Waals surface area contributed by atoms with E-state index in [-0.39, 0.29) is 17.9 Å². The van der Waals surface area contributed by atoms with E-state index in [0.29, 0.717) is 38.1 Å². The highest BCUT2D eigenvalue weighted by molar-refractivity contribution is 7.91. The van der Waals surface area contributed by atoms with Crippen LogP contribution < -0.4 is 20.1 Å². The summed E-state index contributed by atoms with van der Waals surface area (Å²) in [7, 11) is -3.71. The Morgan fingerprint density at radius 3 is 2.79 bits per heavy atom. The van der Waals surface area contributed by atoms with Crippen LogP contribution >= 0.6 is 0 Å². The molecule has 0 bridgehead atoms. The van der Waals surface area contributed by atoms with Crippen LogP contribution in [0.25, 0.3) is 10.8 Å². The molecule has 10 heteroatoms.